The number of carbonyl (C=O) groups is 2. The Morgan fingerprint density at radius 3 is 2.21 bits per heavy atom. The first-order valence-corrected chi connectivity index (χ1v) is 10.3. The highest BCUT2D eigenvalue weighted by molar-refractivity contribution is 8.14. The molecule has 0 radical (unpaired) electrons. The first kappa shape index (κ1) is 19.9. The number of carbonyl (C=O) groups excluding carboxylic acids is 2. The van der Waals surface area contributed by atoms with Gasteiger partial charge < -0.3 is 14.5 Å². The second kappa shape index (κ2) is 6.74. The number of nitrogens with one attached hydrogen (secondary N) is 1. The van der Waals surface area contributed by atoms with Gasteiger partial charge in [0.15, 0.2) is 0 Å². The summed E-state index contributed by atoms with van der Waals surface area (Å²) in [5.74, 6) is -0.362. The Bertz CT molecular complexity index is 492. The molecule has 7 heteroatoms. The molecule has 5 nitrogen and oxygen atoms in total. The molecule has 3 atom stereocenters. The SMILES string of the molecule is CC(C)(C)C(O[SiH3])([C@H]1C(=O)N[C@@H]1SC(=O)C1CCCO1)C(C)(C)C. The predicted octanol–water partition coefficient (Wildman–Crippen LogP) is 1.63. The number of thioether (sulfide) groups is 1. The fourth-order valence-electron chi connectivity index (χ4n) is 4.61. The van der Waals surface area contributed by atoms with Crippen molar-refractivity contribution in [2.45, 2.75) is 71.5 Å². The van der Waals surface area contributed by atoms with Crippen molar-refractivity contribution in [2.24, 2.45) is 16.7 Å². The minimum Gasteiger partial charge on any atom is -0.420 e. The van der Waals surface area contributed by atoms with E-state index >= 15 is 0 Å². The number of rotatable bonds is 4. The quantitative estimate of drug-likeness (QED) is 0.599. The van der Waals surface area contributed by atoms with Crippen molar-refractivity contribution >= 4 is 33.3 Å². The molecule has 0 aliphatic carbocycles. The normalized spacial score (nSPS) is 28.6. The monoisotopic (exact) mass is 373 g/mol. The molecule has 0 bridgehead atoms. The minimum absolute atomic E-state index is 0.0201. The smallest absolute Gasteiger partial charge is 0.229 e. The molecule has 0 spiro atoms. The van der Waals surface area contributed by atoms with Crippen LogP contribution in [0.1, 0.15) is 54.4 Å². The molecule has 1 amide bonds. The van der Waals surface area contributed by atoms with Crippen molar-refractivity contribution < 1.29 is 18.8 Å². The molecule has 0 aromatic rings. The molecule has 2 saturated heterocycles. The molecule has 0 saturated carbocycles. The lowest BCUT2D eigenvalue weighted by Crippen LogP contribution is -2.73. The number of β-lactam (4-membered cyclic amide) rings is 1. The molecule has 24 heavy (non-hydrogen) atoms. The van der Waals surface area contributed by atoms with Crippen LogP contribution in [0.25, 0.3) is 0 Å². The van der Waals surface area contributed by atoms with E-state index in [2.05, 4.69) is 46.9 Å². The van der Waals surface area contributed by atoms with E-state index in [1.807, 2.05) is 0 Å². The van der Waals surface area contributed by atoms with Gasteiger partial charge in [-0.1, -0.05) is 53.3 Å². The summed E-state index contributed by atoms with van der Waals surface area (Å²) in [6.45, 7) is 13.3. The highest BCUT2D eigenvalue weighted by Gasteiger charge is 2.64. The third-order valence-electron chi connectivity index (χ3n) is 5.29. The third-order valence-corrected chi connectivity index (χ3v) is 7.08. The van der Waals surface area contributed by atoms with Crippen LogP contribution in [0.4, 0.5) is 0 Å². The van der Waals surface area contributed by atoms with E-state index in [0.717, 1.165) is 12.8 Å². The molecule has 2 heterocycles. The van der Waals surface area contributed by atoms with Crippen LogP contribution in [0.2, 0.25) is 0 Å². The summed E-state index contributed by atoms with van der Waals surface area (Å²) in [6.07, 6.45) is 1.37. The fourth-order valence-corrected chi connectivity index (χ4v) is 7.30. The average molecular weight is 374 g/mol. The lowest BCUT2D eigenvalue weighted by molar-refractivity contribution is -0.183. The van der Waals surface area contributed by atoms with Gasteiger partial charge in [-0.3, -0.25) is 9.59 Å². The maximum Gasteiger partial charge on any atom is 0.229 e. The number of ether oxygens (including phenoxy) is 1. The Labute approximate surface area is 152 Å². The van der Waals surface area contributed by atoms with Crippen LogP contribution in [0.5, 0.6) is 0 Å². The molecule has 2 rings (SSSR count). The maximum atomic E-state index is 12.5. The minimum atomic E-state index is -0.622. The summed E-state index contributed by atoms with van der Waals surface area (Å²) in [6, 6.07) is 0. The molecule has 0 aromatic carbocycles. The highest BCUT2D eigenvalue weighted by Crippen LogP contribution is 2.55. The van der Waals surface area contributed by atoms with Crippen molar-refractivity contribution in [3.63, 3.8) is 0 Å². The van der Waals surface area contributed by atoms with Crippen molar-refractivity contribution in [3.8, 4) is 0 Å². The van der Waals surface area contributed by atoms with Crippen LogP contribution < -0.4 is 5.32 Å². The zero-order valence-electron chi connectivity index (χ0n) is 15.9. The topological polar surface area (TPSA) is 64.6 Å². The van der Waals surface area contributed by atoms with Gasteiger partial charge in [0.1, 0.15) is 16.6 Å². The fraction of sp³-hybridized carbons (Fsp3) is 0.882. The third kappa shape index (κ3) is 3.20. The largest absolute Gasteiger partial charge is 0.420 e. The number of hydrogen-bond donors (Lipinski definition) is 1. The molecular formula is C17H31NO4SSi. The Morgan fingerprint density at radius 2 is 1.83 bits per heavy atom. The first-order valence-electron chi connectivity index (χ1n) is 8.63. The van der Waals surface area contributed by atoms with Crippen LogP contribution >= 0.6 is 11.8 Å². The van der Waals surface area contributed by atoms with E-state index in [-0.39, 0.29) is 39.2 Å². The lowest BCUT2D eigenvalue weighted by atomic mass is 9.55. The van der Waals surface area contributed by atoms with Gasteiger partial charge in [-0.15, -0.1) is 0 Å². The van der Waals surface area contributed by atoms with Crippen LogP contribution in [-0.4, -0.2) is 45.2 Å². The van der Waals surface area contributed by atoms with E-state index in [1.54, 1.807) is 0 Å². The summed E-state index contributed by atoms with van der Waals surface area (Å²) < 4.78 is 11.7. The van der Waals surface area contributed by atoms with Gasteiger partial charge in [-0.05, 0) is 23.7 Å². The Hall–Kier alpha value is -0.373. The van der Waals surface area contributed by atoms with Crippen LogP contribution in [0.3, 0.4) is 0 Å². The summed E-state index contributed by atoms with van der Waals surface area (Å²) in [5, 5.41) is 2.69. The predicted molar refractivity (Wildman–Crippen MR) is 99.7 cm³/mol. The van der Waals surface area contributed by atoms with E-state index in [1.165, 1.54) is 11.8 Å². The first-order chi connectivity index (χ1) is 11.0. The zero-order chi connectivity index (χ0) is 18.3. The van der Waals surface area contributed by atoms with E-state index in [0.29, 0.717) is 17.1 Å². The van der Waals surface area contributed by atoms with Crippen molar-refractivity contribution in [1.29, 1.82) is 0 Å². The van der Waals surface area contributed by atoms with Crippen molar-refractivity contribution in [2.75, 3.05) is 6.61 Å². The van der Waals surface area contributed by atoms with Crippen LogP contribution in [0, 0.1) is 16.7 Å². The van der Waals surface area contributed by atoms with Gasteiger partial charge in [-0.2, -0.15) is 0 Å². The zero-order valence-corrected chi connectivity index (χ0v) is 18.7. The van der Waals surface area contributed by atoms with Gasteiger partial charge in [0.05, 0.1) is 16.9 Å². The maximum absolute atomic E-state index is 12.5. The molecule has 1 N–H and O–H groups in total. The van der Waals surface area contributed by atoms with Gasteiger partial charge in [0, 0.05) is 6.61 Å². The van der Waals surface area contributed by atoms with Gasteiger partial charge in [-0.25, -0.2) is 0 Å². The van der Waals surface area contributed by atoms with Gasteiger partial charge >= 0.3 is 0 Å². The van der Waals surface area contributed by atoms with Gasteiger partial charge in [0.2, 0.25) is 11.0 Å². The molecule has 2 aliphatic rings. The lowest BCUT2D eigenvalue weighted by Gasteiger charge is -2.60. The molecule has 1 unspecified atom stereocenters. The molecule has 138 valence electrons. The number of hydrogen-bond acceptors (Lipinski definition) is 5. The van der Waals surface area contributed by atoms with Crippen LogP contribution in [-0.2, 0) is 18.8 Å². The second-order valence-electron chi connectivity index (χ2n) is 8.79. The van der Waals surface area contributed by atoms with Crippen molar-refractivity contribution in [3.05, 3.63) is 0 Å². The Morgan fingerprint density at radius 1 is 1.25 bits per heavy atom. The summed E-state index contributed by atoms with van der Waals surface area (Å²) in [5.41, 5.74) is -1.09. The Balaban J connectivity index is 2.27. The second-order valence-corrected chi connectivity index (χ2v) is 10.3. The van der Waals surface area contributed by atoms with Gasteiger partial charge in [0.25, 0.3) is 0 Å². The Kier molecular flexibility index (Phi) is 5.60. The van der Waals surface area contributed by atoms with Crippen LogP contribution in [0.15, 0.2) is 0 Å². The average Bonchev–Trinajstić information content (AvgIpc) is 2.95. The summed E-state index contributed by atoms with van der Waals surface area (Å²) in [7, 11) is 0.534. The molecular weight excluding hydrogens is 342 g/mol. The van der Waals surface area contributed by atoms with E-state index in [9.17, 15) is 9.59 Å². The van der Waals surface area contributed by atoms with E-state index < -0.39 is 5.60 Å². The summed E-state index contributed by atoms with van der Waals surface area (Å²) in [4.78, 5) is 25.0. The molecule has 0 aromatic heterocycles. The molecule has 2 aliphatic heterocycles. The van der Waals surface area contributed by atoms with E-state index in [4.69, 9.17) is 9.16 Å². The number of amides is 1. The highest BCUT2D eigenvalue weighted by atomic mass is 32.2. The molecule has 2 fully saturated rings. The van der Waals surface area contributed by atoms with Crippen molar-refractivity contribution in [1.82, 2.24) is 5.32 Å². The summed E-state index contributed by atoms with van der Waals surface area (Å²) >= 11 is 1.21. The standard InChI is InChI=1S/C17H31NO4SSi/c1-15(2,3)17(22-24,16(4,5)6)11-12(19)18-13(11)23-14(20)10-8-7-9-21-10/h10-11,13H,7-9H2,1-6,24H3,(H,18,19)/t10?,11-,13+/m0/s1.